The smallest absolute Gasteiger partial charge is 0.317 e. The molecule has 1 N–H and O–H groups in total. The molecule has 0 heterocycles. The molecular weight excluding hydrogens is 214 g/mol. The zero-order valence-electron chi connectivity index (χ0n) is 10.2. The van der Waals surface area contributed by atoms with Gasteiger partial charge in [-0.25, -0.2) is 0 Å². The van der Waals surface area contributed by atoms with Gasteiger partial charge in [-0.05, 0) is 19.4 Å². The number of hydrogen-bond acceptors (Lipinski definition) is 2. The molecule has 0 aliphatic rings. The van der Waals surface area contributed by atoms with Crippen molar-refractivity contribution in [3.63, 3.8) is 0 Å². The number of aryl methyl sites for hydroxylation is 2. The van der Waals surface area contributed by atoms with Crippen molar-refractivity contribution in [1.82, 2.24) is 4.90 Å². The third-order valence-electron chi connectivity index (χ3n) is 2.36. The Bertz CT molecular complexity index is 426. The van der Waals surface area contributed by atoms with Crippen LogP contribution in [0.3, 0.4) is 0 Å². The Hall–Kier alpha value is -1.79. The van der Waals surface area contributed by atoms with Gasteiger partial charge in [0.25, 0.3) is 0 Å². The van der Waals surface area contributed by atoms with E-state index in [1.54, 1.807) is 4.90 Å². The van der Waals surface area contributed by atoms with Crippen LogP contribution in [0.1, 0.15) is 16.7 Å². The maximum Gasteiger partial charge on any atom is 0.317 e. The molecule has 0 spiro atoms. The van der Waals surface area contributed by atoms with Crippen LogP contribution >= 0.6 is 0 Å². The quantitative estimate of drug-likeness (QED) is 0.786. The predicted octanol–water partition coefficient (Wildman–Crippen LogP) is 1.82. The lowest BCUT2D eigenvalue weighted by atomic mass is 10.1. The molecule has 1 rings (SSSR count). The first-order valence-corrected chi connectivity index (χ1v) is 5.46. The summed E-state index contributed by atoms with van der Waals surface area (Å²) in [5, 5.41) is 8.79. The summed E-state index contributed by atoms with van der Waals surface area (Å²) in [7, 11) is 0. The summed E-state index contributed by atoms with van der Waals surface area (Å²) in [6.07, 6.45) is 5.23. The third kappa shape index (κ3) is 4.71. The van der Waals surface area contributed by atoms with Gasteiger partial charge < -0.3 is 5.11 Å². The first kappa shape index (κ1) is 13.3. The summed E-state index contributed by atoms with van der Waals surface area (Å²) in [6.45, 7) is 4.94. The second-order valence-corrected chi connectivity index (χ2v) is 4.24. The molecule has 0 atom stereocenters. The lowest BCUT2D eigenvalue weighted by Gasteiger charge is -2.18. The van der Waals surface area contributed by atoms with Gasteiger partial charge in [-0.3, -0.25) is 9.69 Å². The van der Waals surface area contributed by atoms with Crippen LogP contribution in [0.15, 0.2) is 18.2 Å². The maximum absolute atomic E-state index is 10.7. The van der Waals surface area contributed by atoms with E-state index in [0.717, 1.165) is 5.56 Å². The van der Waals surface area contributed by atoms with Crippen LogP contribution in [0.5, 0.6) is 0 Å². The Morgan fingerprint density at radius 1 is 1.35 bits per heavy atom. The molecule has 0 unspecified atom stereocenters. The Morgan fingerprint density at radius 3 is 2.41 bits per heavy atom. The molecule has 0 saturated heterocycles. The molecule has 3 heteroatoms. The molecule has 0 amide bonds. The summed E-state index contributed by atoms with van der Waals surface area (Å²) >= 11 is 0. The predicted molar refractivity (Wildman–Crippen MR) is 67.7 cm³/mol. The molecule has 17 heavy (non-hydrogen) atoms. The zero-order valence-corrected chi connectivity index (χ0v) is 10.2. The van der Waals surface area contributed by atoms with Crippen LogP contribution in [0.4, 0.5) is 0 Å². The van der Waals surface area contributed by atoms with Crippen molar-refractivity contribution >= 4 is 5.97 Å². The minimum atomic E-state index is -0.857. The number of carbonyl (C=O) groups is 1. The second-order valence-electron chi connectivity index (χ2n) is 4.24. The number of nitrogens with zero attached hydrogens (tertiary/aromatic N) is 1. The fourth-order valence-electron chi connectivity index (χ4n) is 1.91. The Kier molecular flexibility index (Phi) is 4.74. The van der Waals surface area contributed by atoms with Crippen molar-refractivity contribution in [1.29, 1.82) is 0 Å². The first-order valence-electron chi connectivity index (χ1n) is 5.46. The van der Waals surface area contributed by atoms with E-state index >= 15 is 0 Å². The van der Waals surface area contributed by atoms with Gasteiger partial charge in [-0.2, -0.15) is 0 Å². The van der Waals surface area contributed by atoms with E-state index in [1.165, 1.54) is 11.1 Å². The van der Waals surface area contributed by atoms with E-state index in [2.05, 4.69) is 24.1 Å². The van der Waals surface area contributed by atoms with Gasteiger partial charge >= 0.3 is 5.97 Å². The van der Waals surface area contributed by atoms with Crippen molar-refractivity contribution in [3.8, 4) is 12.3 Å². The highest BCUT2D eigenvalue weighted by atomic mass is 16.4. The van der Waals surface area contributed by atoms with Crippen LogP contribution < -0.4 is 0 Å². The highest BCUT2D eigenvalue weighted by molar-refractivity contribution is 5.69. The summed E-state index contributed by atoms with van der Waals surface area (Å²) in [5.41, 5.74) is 3.45. The van der Waals surface area contributed by atoms with Gasteiger partial charge in [0.2, 0.25) is 0 Å². The lowest BCUT2D eigenvalue weighted by Crippen LogP contribution is -2.29. The largest absolute Gasteiger partial charge is 0.480 e. The van der Waals surface area contributed by atoms with Gasteiger partial charge in [0, 0.05) is 6.54 Å². The number of terminal acetylenes is 1. The van der Waals surface area contributed by atoms with Crippen molar-refractivity contribution in [3.05, 3.63) is 34.9 Å². The van der Waals surface area contributed by atoms with Crippen LogP contribution in [0, 0.1) is 26.2 Å². The summed E-state index contributed by atoms with van der Waals surface area (Å²) in [6, 6.07) is 6.20. The molecule has 0 radical (unpaired) electrons. The fraction of sp³-hybridized carbons (Fsp3) is 0.357. The van der Waals surface area contributed by atoms with Gasteiger partial charge in [0.15, 0.2) is 0 Å². The van der Waals surface area contributed by atoms with Crippen molar-refractivity contribution in [2.45, 2.75) is 20.4 Å². The Balaban J connectivity index is 2.78. The van der Waals surface area contributed by atoms with Gasteiger partial charge in [0.1, 0.15) is 0 Å². The SMILES string of the molecule is C#CCN(CC(=O)O)Cc1cc(C)cc(C)c1. The number of hydrogen-bond donors (Lipinski definition) is 1. The van der Waals surface area contributed by atoms with Crippen molar-refractivity contribution in [2.24, 2.45) is 0 Å². The van der Waals surface area contributed by atoms with E-state index in [-0.39, 0.29) is 6.54 Å². The molecule has 0 fully saturated rings. The zero-order chi connectivity index (χ0) is 12.8. The van der Waals surface area contributed by atoms with Gasteiger partial charge in [-0.15, -0.1) is 6.42 Å². The highest BCUT2D eigenvalue weighted by Gasteiger charge is 2.09. The lowest BCUT2D eigenvalue weighted by molar-refractivity contribution is -0.138. The van der Waals surface area contributed by atoms with Crippen molar-refractivity contribution in [2.75, 3.05) is 13.1 Å². The van der Waals surface area contributed by atoms with Crippen LogP contribution in [-0.2, 0) is 11.3 Å². The average Bonchev–Trinajstić information content (AvgIpc) is 2.14. The number of rotatable bonds is 5. The van der Waals surface area contributed by atoms with Crippen LogP contribution in [0.25, 0.3) is 0 Å². The normalized spacial score (nSPS) is 10.2. The van der Waals surface area contributed by atoms with Crippen LogP contribution in [0.2, 0.25) is 0 Å². The third-order valence-corrected chi connectivity index (χ3v) is 2.36. The molecule has 0 aliphatic carbocycles. The van der Waals surface area contributed by atoms with Crippen LogP contribution in [-0.4, -0.2) is 29.1 Å². The molecule has 0 bridgehead atoms. The number of carboxylic acids is 1. The molecular formula is C14H17NO2. The second kappa shape index (κ2) is 6.07. The molecule has 0 aliphatic heterocycles. The molecule has 3 nitrogen and oxygen atoms in total. The molecule has 1 aromatic rings. The van der Waals surface area contributed by atoms with E-state index in [9.17, 15) is 4.79 Å². The fourth-order valence-corrected chi connectivity index (χ4v) is 1.91. The highest BCUT2D eigenvalue weighted by Crippen LogP contribution is 2.11. The first-order chi connectivity index (χ1) is 8.01. The summed E-state index contributed by atoms with van der Waals surface area (Å²) < 4.78 is 0. The van der Waals surface area contributed by atoms with Gasteiger partial charge in [-0.1, -0.05) is 35.2 Å². The monoisotopic (exact) mass is 231 g/mol. The van der Waals surface area contributed by atoms with E-state index < -0.39 is 5.97 Å². The molecule has 0 saturated carbocycles. The number of benzene rings is 1. The number of aliphatic carboxylic acids is 1. The number of carboxylic acid groups (broad SMARTS) is 1. The topological polar surface area (TPSA) is 40.5 Å². The standard InChI is InChI=1S/C14H17NO2/c1-4-5-15(10-14(16)17)9-13-7-11(2)6-12(3)8-13/h1,6-8H,5,9-10H2,2-3H3,(H,16,17). The maximum atomic E-state index is 10.7. The minimum Gasteiger partial charge on any atom is -0.480 e. The molecule has 1 aromatic carbocycles. The van der Waals surface area contributed by atoms with E-state index in [4.69, 9.17) is 11.5 Å². The Morgan fingerprint density at radius 2 is 1.94 bits per heavy atom. The van der Waals surface area contributed by atoms with Crippen molar-refractivity contribution < 1.29 is 9.90 Å². The molecule has 0 aromatic heterocycles. The Labute approximate surface area is 102 Å². The van der Waals surface area contributed by atoms with Gasteiger partial charge in [0.05, 0.1) is 13.1 Å². The summed E-state index contributed by atoms with van der Waals surface area (Å²) in [4.78, 5) is 12.4. The summed E-state index contributed by atoms with van der Waals surface area (Å²) in [5.74, 6) is 1.63. The average molecular weight is 231 g/mol. The van der Waals surface area contributed by atoms with E-state index in [1.807, 2.05) is 13.8 Å². The minimum absolute atomic E-state index is 0.0306. The molecule has 90 valence electrons. The van der Waals surface area contributed by atoms with E-state index in [0.29, 0.717) is 13.1 Å².